The van der Waals surface area contributed by atoms with Gasteiger partial charge in [0, 0.05) is 19.1 Å². The number of nitrogens with two attached hydrogens (primary N) is 1. The van der Waals surface area contributed by atoms with E-state index < -0.39 is 0 Å². The molecule has 0 saturated carbocycles. The highest BCUT2D eigenvalue weighted by Gasteiger charge is 2.15. The minimum Gasteiger partial charge on any atom is -0.339 e. The molecule has 0 fully saturated rings. The molecule has 96 valence electrons. The van der Waals surface area contributed by atoms with Gasteiger partial charge in [0.2, 0.25) is 5.96 Å². The van der Waals surface area contributed by atoms with Crippen molar-refractivity contribution in [3.63, 3.8) is 0 Å². The van der Waals surface area contributed by atoms with Crippen molar-refractivity contribution in [1.29, 1.82) is 0 Å². The lowest BCUT2D eigenvalue weighted by Crippen LogP contribution is -2.49. The van der Waals surface area contributed by atoms with Crippen LogP contribution in [0.3, 0.4) is 0 Å². The van der Waals surface area contributed by atoms with E-state index in [1.54, 1.807) is 0 Å². The van der Waals surface area contributed by atoms with Gasteiger partial charge in [0.15, 0.2) is 0 Å². The zero-order valence-electron chi connectivity index (χ0n) is 11.3. The van der Waals surface area contributed by atoms with E-state index in [0.29, 0.717) is 6.04 Å². The number of rotatable bonds is 7. The van der Waals surface area contributed by atoms with E-state index in [9.17, 15) is 0 Å². The first-order valence-corrected chi connectivity index (χ1v) is 6.48. The quantitative estimate of drug-likeness (QED) is 0.304. The van der Waals surface area contributed by atoms with Gasteiger partial charge in [-0.2, -0.15) is 0 Å². The minimum atomic E-state index is 0.484. The average molecular weight is 228 g/mol. The fraction of sp³-hybridized carbons (Fsp3) is 0.917. The molecule has 1 unspecified atom stereocenters. The third-order valence-electron chi connectivity index (χ3n) is 2.76. The van der Waals surface area contributed by atoms with Crippen LogP contribution in [0.1, 0.15) is 53.4 Å². The standard InChI is InChI=1S/C12H28N4/c1-5-8-10-16(11(4)7-3)12(15-13)14-9-6-2/h11H,5-10,13H2,1-4H3,(H,14,15). The first kappa shape index (κ1) is 15.2. The number of hydrogen-bond acceptors (Lipinski definition) is 2. The molecule has 0 aliphatic heterocycles. The van der Waals surface area contributed by atoms with Crippen LogP contribution in [0.25, 0.3) is 0 Å². The number of hydrogen-bond donors (Lipinski definition) is 2. The first-order valence-electron chi connectivity index (χ1n) is 6.48. The largest absolute Gasteiger partial charge is 0.339 e. The summed E-state index contributed by atoms with van der Waals surface area (Å²) >= 11 is 0. The van der Waals surface area contributed by atoms with Crippen molar-refractivity contribution in [3.05, 3.63) is 0 Å². The van der Waals surface area contributed by atoms with Gasteiger partial charge in [0.05, 0.1) is 0 Å². The van der Waals surface area contributed by atoms with Crippen molar-refractivity contribution in [2.75, 3.05) is 13.1 Å². The molecule has 0 aromatic rings. The van der Waals surface area contributed by atoms with Gasteiger partial charge in [-0.3, -0.25) is 10.4 Å². The smallest absolute Gasteiger partial charge is 0.208 e. The highest BCUT2D eigenvalue weighted by molar-refractivity contribution is 5.79. The van der Waals surface area contributed by atoms with Crippen LogP contribution < -0.4 is 11.3 Å². The Morgan fingerprint density at radius 3 is 2.44 bits per heavy atom. The van der Waals surface area contributed by atoms with Gasteiger partial charge in [0.25, 0.3) is 0 Å². The summed E-state index contributed by atoms with van der Waals surface area (Å²) in [7, 11) is 0. The Labute approximate surface area is 100 Å². The predicted octanol–water partition coefficient (Wildman–Crippen LogP) is 2.12. The van der Waals surface area contributed by atoms with E-state index in [4.69, 9.17) is 5.84 Å². The molecule has 0 radical (unpaired) electrons. The molecule has 0 bridgehead atoms. The summed E-state index contributed by atoms with van der Waals surface area (Å²) in [5.74, 6) is 6.39. The third-order valence-corrected chi connectivity index (χ3v) is 2.76. The summed E-state index contributed by atoms with van der Waals surface area (Å²) in [6.07, 6.45) is 4.53. The second kappa shape index (κ2) is 9.46. The molecular weight excluding hydrogens is 200 g/mol. The van der Waals surface area contributed by atoms with Gasteiger partial charge in [0.1, 0.15) is 0 Å². The maximum absolute atomic E-state index is 5.56. The summed E-state index contributed by atoms with van der Waals surface area (Å²) in [5, 5.41) is 0. The molecule has 0 aromatic heterocycles. The van der Waals surface area contributed by atoms with Gasteiger partial charge in [-0.05, 0) is 26.2 Å². The van der Waals surface area contributed by atoms with E-state index in [1.165, 1.54) is 12.8 Å². The summed E-state index contributed by atoms with van der Waals surface area (Å²) < 4.78 is 0. The summed E-state index contributed by atoms with van der Waals surface area (Å²) in [5.41, 5.74) is 2.74. The van der Waals surface area contributed by atoms with Crippen LogP contribution in [0.15, 0.2) is 4.99 Å². The van der Waals surface area contributed by atoms with E-state index in [-0.39, 0.29) is 0 Å². The van der Waals surface area contributed by atoms with Crippen molar-refractivity contribution < 1.29 is 0 Å². The highest BCUT2D eigenvalue weighted by Crippen LogP contribution is 2.06. The van der Waals surface area contributed by atoms with Crippen LogP contribution in [0, 0.1) is 0 Å². The number of guanidine groups is 1. The fourth-order valence-corrected chi connectivity index (χ4v) is 1.52. The molecule has 0 aliphatic rings. The van der Waals surface area contributed by atoms with Crippen molar-refractivity contribution in [2.45, 2.75) is 59.4 Å². The van der Waals surface area contributed by atoms with Crippen LogP contribution in [0.4, 0.5) is 0 Å². The summed E-state index contributed by atoms with van der Waals surface area (Å²) in [6.45, 7) is 10.6. The van der Waals surface area contributed by atoms with E-state index in [2.05, 4.69) is 43.0 Å². The molecule has 0 spiro atoms. The van der Waals surface area contributed by atoms with Crippen LogP contribution in [-0.2, 0) is 0 Å². The topological polar surface area (TPSA) is 53.6 Å². The predicted molar refractivity (Wildman–Crippen MR) is 71.3 cm³/mol. The Hall–Kier alpha value is -0.770. The normalized spacial score (nSPS) is 13.7. The molecule has 0 aromatic carbocycles. The lowest BCUT2D eigenvalue weighted by Gasteiger charge is -2.31. The molecule has 1 atom stereocenters. The Morgan fingerprint density at radius 1 is 1.31 bits per heavy atom. The molecule has 0 saturated heterocycles. The second-order valence-electron chi connectivity index (χ2n) is 4.15. The van der Waals surface area contributed by atoms with Gasteiger partial charge < -0.3 is 4.90 Å². The molecular formula is C12H28N4. The maximum atomic E-state index is 5.56. The lowest BCUT2D eigenvalue weighted by molar-refractivity contribution is 0.306. The minimum absolute atomic E-state index is 0.484. The molecule has 0 amide bonds. The van der Waals surface area contributed by atoms with E-state index >= 15 is 0 Å². The molecule has 4 nitrogen and oxygen atoms in total. The van der Waals surface area contributed by atoms with Crippen LogP contribution in [-0.4, -0.2) is 30.0 Å². The Bertz CT molecular complexity index is 191. The highest BCUT2D eigenvalue weighted by atomic mass is 15.4. The van der Waals surface area contributed by atoms with E-state index in [0.717, 1.165) is 31.9 Å². The number of aliphatic imine (C=N–C) groups is 1. The van der Waals surface area contributed by atoms with Crippen LogP contribution in [0.2, 0.25) is 0 Å². The molecule has 4 heteroatoms. The van der Waals surface area contributed by atoms with Crippen molar-refractivity contribution in [2.24, 2.45) is 10.8 Å². The molecule has 0 rings (SSSR count). The number of hydrazine groups is 1. The SMILES string of the molecule is CCCCN(C(=NCCC)NN)C(C)CC. The van der Waals surface area contributed by atoms with Gasteiger partial charge >= 0.3 is 0 Å². The van der Waals surface area contributed by atoms with E-state index in [1.807, 2.05) is 0 Å². The Balaban J connectivity index is 4.54. The first-order chi connectivity index (χ1) is 7.71. The lowest BCUT2D eigenvalue weighted by atomic mass is 10.2. The molecule has 16 heavy (non-hydrogen) atoms. The zero-order chi connectivity index (χ0) is 12.4. The number of unbranched alkanes of at least 4 members (excludes halogenated alkanes) is 1. The average Bonchev–Trinajstić information content (AvgIpc) is 2.32. The zero-order valence-corrected chi connectivity index (χ0v) is 11.3. The Morgan fingerprint density at radius 2 is 2.00 bits per heavy atom. The second-order valence-corrected chi connectivity index (χ2v) is 4.15. The fourth-order valence-electron chi connectivity index (χ4n) is 1.52. The van der Waals surface area contributed by atoms with Crippen LogP contribution >= 0.6 is 0 Å². The maximum Gasteiger partial charge on any atom is 0.208 e. The van der Waals surface area contributed by atoms with Gasteiger partial charge in [-0.15, -0.1) is 0 Å². The molecule has 3 N–H and O–H groups in total. The summed E-state index contributed by atoms with van der Waals surface area (Å²) in [6, 6.07) is 0.484. The van der Waals surface area contributed by atoms with Crippen LogP contribution in [0.5, 0.6) is 0 Å². The van der Waals surface area contributed by atoms with Crippen molar-refractivity contribution >= 4 is 5.96 Å². The van der Waals surface area contributed by atoms with Gasteiger partial charge in [-0.1, -0.05) is 27.2 Å². The molecule has 0 heterocycles. The third kappa shape index (κ3) is 5.35. The molecule has 0 aliphatic carbocycles. The monoisotopic (exact) mass is 228 g/mol. The Kier molecular flexibility index (Phi) is 9.00. The van der Waals surface area contributed by atoms with Gasteiger partial charge in [-0.25, -0.2) is 5.84 Å². The number of nitrogens with one attached hydrogen (secondary N) is 1. The van der Waals surface area contributed by atoms with Crippen molar-refractivity contribution in [1.82, 2.24) is 10.3 Å². The van der Waals surface area contributed by atoms with Crippen molar-refractivity contribution in [3.8, 4) is 0 Å². The number of nitrogens with zero attached hydrogens (tertiary/aromatic N) is 2. The summed E-state index contributed by atoms with van der Waals surface area (Å²) in [4.78, 5) is 6.77.